The minimum Gasteiger partial charge on any atom is -0.506 e. The lowest BCUT2D eigenvalue weighted by Crippen LogP contribution is -2.44. The summed E-state index contributed by atoms with van der Waals surface area (Å²) in [6.07, 6.45) is 0.992. The third-order valence-electron chi connectivity index (χ3n) is 3.80. The van der Waals surface area contributed by atoms with Gasteiger partial charge in [0.05, 0.1) is 22.3 Å². The first kappa shape index (κ1) is 17.7. The van der Waals surface area contributed by atoms with E-state index in [1.807, 2.05) is 0 Å². The molecule has 0 unspecified atom stereocenters. The topological polar surface area (TPSA) is 102 Å². The van der Waals surface area contributed by atoms with Crippen molar-refractivity contribution in [3.05, 3.63) is 22.2 Å². The first-order chi connectivity index (χ1) is 10.9. The van der Waals surface area contributed by atoms with Gasteiger partial charge in [-0.1, -0.05) is 23.2 Å². The second-order valence-electron chi connectivity index (χ2n) is 5.27. The van der Waals surface area contributed by atoms with Gasteiger partial charge in [0, 0.05) is 25.1 Å². The van der Waals surface area contributed by atoms with Crippen molar-refractivity contribution in [3.63, 3.8) is 0 Å². The third-order valence-corrected chi connectivity index (χ3v) is 4.52. The van der Waals surface area contributed by atoms with Crippen LogP contribution in [0.3, 0.4) is 0 Å². The zero-order chi connectivity index (χ0) is 17.0. The predicted octanol–water partition coefficient (Wildman–Crippen LogP) is 1.85. The normalized spacial score (nSPS) is 15.3. The zero-order valence-corrected chi connectivity index (χ0v) is 13.7. The Morgan fingerprint density at radius 2 is 1.83 bits per heavy atom. The molecular weight excluding hydrogens is 345 g/mol. The maximum atomic E-state index is 12.2. The van der Waals surface area contributed by atoms with Gasteiger partial charge < -0.3 is 15.3 Å². The van der Waals surface area contributed by atoms with Crippen LogP contribution in [0.25, 0.3) is 0 Å². The summed E-state index contributed by atoms with van der Waals surface area (Å²) >= 11 is 11.6. The molecule has 1 aromatic rings. The number of hydrogen-bond donors (Lipinski definition) is 4. The molecule has 2 amide bonds. The van der Waals surface area contributed by atoms with Gasteiger partial charge in [-0.05, 0) is 18.9 Å². The molecule has 1 aliphatic rings. The summed E-state index contributed by atoms with van der Waals surface area (Å²) in [7, 11) is 0. The minimum atomic E-state index is -0.420. The molecule has 0 saturated carbocycles. The first-order valence-corrected chi connectivity index (χ1v) is 7.81. The van der Waals surface area contributed by atoms with Crippen LogP contribution in [0.2, 0.25) is 10.0 Å². The molecule has 1 aliphatic heterocycles. The molecular formula is C14H17Cl2N3O4. The number of nitrogens with one attached hydrogen (secondary N) is 2. The van der Waals surface area contributed by atoms with E-state index in [9.17, 15) is 14.7 Å². The van der Waals surface area contributed by atoms with Crippen molar-refractivity contribution in [2.24, 2.45) is 5.92 Å². The van der Waals surface area contributed by atoms with Gasteiger partial charge in [0.15, 0.2) is 0 Å². The summed E-state index contributed by atoms with van der Waals surface area (Å²) in [6, 6.07) is 2.75. The SMILES string of the molecule is O=C(NO)C1CCN(C(=O)CNc2cc(Cl)c(Cl)cc2O)CC1. The van der Waals surface area contributed by atoms with Crippen molar-refractivity contribution in [1.82, 2.24) is 10.4 Å². The largest absolute Gasteiger partial charge is 0.506 e. The number of carbonyl (C=O) groups excluding carboxylic acids is 2. The van der Waals surface area contributed by atoms with E-state index in [-0.39, 0.29) is 34.2 Å². The lowest BCUT2D eigenvalue weighted by Gasteiger charge is -2.31. The standard InChI is InChI=1S/C14H17Cl2N3O4/c15-9-5-11(12(20)6-10(9)16)17-7-13(21)19-3-1-8(2-4-19)14(22)18-23/h5-6,8,17,20,23H,1-4,7H2,(H,18,22). The fourth-order valence-corrected chi connectivity index (χ4v) is 2.76. The smallest absolute Gasteiger partial charge is 0.246 e. The molecule has 4 N–H and O–H groups in total. The van der Waals surface area contributed by atoms with Crippen molar-refractivity contribution in [3.8, 4) is 5.75 Å². The molecule has 0 atom stereocenters. The summed E-state index contributed by atoms with van der Waals surface area (Å²) in [6.45, 7) is 0.861. The van der Waals surface area contributed by atoms with Crippen LogP contribution in [0.15, 0.2) is 12.1 Å². The number of piperidine rings is 1. The lowest BCUT2D eigenvalue weighted by atomic mass is 9.96. The molecule has 0 bridgehead atoms. The van der Waals surface area contributed by atoms with Crippen molar-refractivity contribution in [2.75, 3.05) is 25.0 Å². The van der Waals surface area contributed by atoms with Crippen LogP contribution in [-0.2, 0) is 9.59 Å². The van der Waals surface area contributed by atoms with Crippen molar-refractivity contribution in [1.29, 1.82) is 0 Å². The molecule has 0 aromatic heterocycles. The number of hydrogen-bond acceptors (Lipinski definition) is 5. The average Bonchev–Trinajstić information content (AvgIpc) is 2.56. The van der Waals surface area contributed by atoms with Gasteiger partial charge in [-0.3, -0.25) is 14.8 Å². The Balaban J connectivity index is 1.87. The van der Waals surface area contributed by atoms with Gasteiger partial charge in [-0.2, -0.15) is 0 Å². The molecule has 0 radical (unpaired) electrons. The highest BCUT2D eigenvalue weighted by atomic mass is 35.5. The number of amides is 2. The highest BCUT2D eigenvalue weighted by Gasteiger charge is 2.27. The van der Waals surface area contributed by atoms with E-state index in [0.717, 1.165) is 0 Å². The molecule has 1 heterocycles. The van der Waals surface area contributed by atoms with Gasteiger partial charge >= 0.3 is 0 Å². The molecule has 1 aromatic carbocycles. The second-order valence-corrected chi connectivity index (χ2v) is 6.08. The quantitative estimate of drug-likeness (QED) is 0.372. The monoisotopic (exact) mass is 361 g/mol. The Labute approximate surface area is 143 Å². The highest BCUT2D eigenvalue weighted by molar-refractivity contribution is 6.42. The van der Waals surface area contributed by atoms with E-state index in [1.54, 1.807) is 10.4 Å². The van der Waals surface area contributed by atoms with Gasteiger partial charge in [-0.25, -0.2) is 5.48 Å². The van der Waals surface area contributed by atoms with Crippen LogP contribution >= 0.6 is 23.2 Å². The first-order valence-electron chi connectivity index (χ1n) is 7.06. The Morgan fingerprint density at radius 1 is 1.22 bits per heavy atom. The Morgan fingerprint density at radius 3 is 2.43 bits per heavy atom. The third kappa shape index (κ3) is 4.40. The number of likely N-dealkylation sites (tertiary alicyclic amines) is 1. The number of benzene rings is 1. The van der Waals surface area contributed by atoms with E-state index in [4.69, 9.17) is 28.4 Å². The highest BCUT2D eigenvalue weighted by Crippen LogP contribution is 2.33. The molecule has 1 fully saturated rings. The van der Waals surface area contributed by atoms with Crippen LogP contribution in [-0.4, -0.2) is 46.7 Å². The maximum Gasteiger partial charge on any atom is 0.246 e. The number of phenols is 1. The van der Waals surface area contributed by atoms with Crippen LogP contribution in [0, 0.1) is 5.92 Å². The maximum absolute atomic E-state index is 12.2. The molecule has 0 spiro atoms. The van der Waals surface area contributed by atoms with Gasteiger partial charge in [0.25, 0.3) is 0 Å². The molecule has 1 saturated heterocycles. The summed E-state index contributed by atoms with van der Waals surface area (Å²) < 4.78 is 0. The van der Waals surface area contributed by atoms with E-state index >= 15 is 0 Å². The second kappa shape index (κ2) is 7.72. The van der Waals surface area contributed by atoms with E-state index in [2.05, 4.69) is 5.32 Å². The van der Waals surface area contributed by atoms with Crippen LogP contribution in [0.1, 0.15) is 12.8 Å². The van der Waals surface area contributed by atoms with Gasteiger partial charge in [0.1, 0.15) is 5.75 Å². The number of nitrogens with zero attached hydrogens (tertiary/aromatic N) is 1. The number of anilines is 1. The molecule has 0 aliphatic carbocycles. The summed E-state index contributed by atoms with van der Waals surface area (Å²) in [5.41, 5.74) is 1.96. The van der Waals surface area contributed by atoms with E-state index in [0.29, 0.717) is 31.6 Å². The number of hydroxylamine groups is 1. The molecule has 7 nitrogen and oxygen atoms in total. The van der Waals surface area contributed by atoms with Crippen molar-refractivity contribution >= 4 is 40.7 Å². The summed E-state index contributed by atoms with van der Waals surface area (Å²) in [5, 5.41) is 21.7. The van der Waals surface area contributed by atoms with Crippen molar-refractivity contribution < 1.29 is 19.9 Å². The Bertz CT molecular complexity index is 604. The van der Waals surface area contributed by atoms with E-state index < -0.39 is 5.91 Å². The lowest BCUT2D eigenvalue weighted by molar-refractivity contribution is -0.138. The molecule has 9 heteroatoms. The Kier molecular flexibility index (Phi) is 5.92. The van der Waals surface area contributed by atoms with E-state index in [1.165, 1.54) is 12.1 Å². The molecule has 2 rings (SSSR count). The predicted molar refractivity (Wildman–Crippen MR) is 85.8 cm³/mol. The number of aromatic hydroxyl groups is 1. The van der Waals surface area contributed by atoms with Crippen LogP contribution in [0.5, 0.6) is 5.75 Å². The summed E-state index contributed by atoms with van der Waals surface area (Å²) in [5.74, 6) is -0.948. The molecule has 126 valence electrons. The summed E-state index contributed by atoms with van der Waals surface area (Å²) in [4.78, 5) is 25.1. The van der Waals surface area contributed by atoms with Crippen LogP contribution < -0.4 is 10.8 Å². The fraction of sp³-hybridized carbons (Fsp3) is 0.429. The van der Waals surface area contributed by atoms with Crippen molar-refractivity contribution in [2.45, 2.75) is 12.8 Å². The van der Waals surface area contributed by atoms with Gasteiger partial charge in [0.2, 0.25) is 11.8 Å². The number of rotatable bonds is 4. The van der Waals surface area contributed by atoms with Crippen LogP contribution in [0.4, 0.5) is 5.69 Å². The molecule has 23 heavy (non-hydrogen) atoms. The minimum absolute atomic E-state index is 0.0115. The van der Waals surface area contributed by atoms with Gasteiger partial charge in [-0.15, -0.1) is 0 Å². The fourth-order valence-electron chi connectivity index (χ4n) is 2.44. The number of halogens is 2. The number of carbonyl (C=O) groups is 2. The Hall–Kier alpha value is -1.70. The number of phenolic OH excluding ortho intramolecular Hbond substituents is 1. The average molecular weight is 362 g/mol. The zero-order valence-electron chi connectivity index (χ0n) is 12.2.